The topological polar surface area (TPSA) is 44.8 Å². The zero-order chi connectivity index (χ0) is 21.6. The maximum Gasteiger partial charge on any atom is 0.530 e. The first-order chi connectivity index (χ1) is 12.6. The summed E-state index contributed by atoms with van der Waals surface area (Å²) in [6.45, 7) is 3.82. The van der Waals surface area contributed by atoms with Crippen molar-refractivity contribution in [3.05, 3.63) is 30.3 Å². The largest absolute Gasteiger partial charge is 0.530 e. The maximum atomic E-state index is 13.3. The summed E-state index contributed by atoms with van der Waals surface area (Å²) in [6, 6.07) is 7.29. The average molecular weight is 452 g/mol. The Morgan fingerprint density at radius 2 is 1.61 bits per heavy atom. The van der Waals surface area contributed by atoms with Crippen molar-refractivity contribution in [2.24, 2.45) is 0 Å². The highest BCUT2D eigenvalue weighted by atomic mass is 31.2. The molecule has 0 saturated heterocycles. The van der Waals surface area contributed by atoms with E-state index in [-0.39, 0.29) is 12.2 Å². The SMILES string of the molecule is C[Si](C)(C)CCC[C@H](O[P@](=O)(OCC(F)(F)F)Oc1ccccc1)C(F)(F)F. The quantitative estimate of drug-likeness (QED) is 0.222. The number of hydrogen-bond acceptors (Lipinski definition) is 4. The molecule has 28 heavy (non-hydrogen) atoms. The Hall–Kier alpha value is -1.03. The zero-order valence-electron chi connectivity index (χ0n) is 15.6. The fraction of sp³-hybridized carbons (Fsp3) is 0.625. The van der Waals surface area contributed by atoms with Crippen LogP contribution in [0.1, 0.15) is 12.8 Å². The molecule has 0 unspecified atom stereocenters. The summed E-state index contributed by atoms with van der Waals surface area (Å²) in [4.78, 5) is 0. The lowest BCUT2D eigenvalue weighted by molar-refractivity contribution is -0.204. The van der Waals surface area contributed by atoms with Crippen LogP contribution >= 0.6 is 7.82 Å². The predicted octanol–water partition coefficient (Wildman–Crippen LogP) is 6.82. The molecule has 0 saturated carbocycles. The van der Waals surface area contributed by atoms with E-state index in [1.165, 1.54) is 30.3 Å². The molecule has 0 aliphatic heterocycles. The molecule has 0 aliphatic carbocycles. The summed E-state index contributed by atoms with van der Waals surface area (Å²) in [5.41, 5.74) is 0. The van der Waals surface area contributed by atoms with Gasteiger partial charge in [0.25, 0.3) is 0 Å². The Morgan fingerprint density at radius 1 is 1.04 bits per heavy atom. The van der Waals surface area contributed by atoms with Crippen LogP contribution < -0.4 is 4.52 Å². The molecule has 0 bridgehead atoms. The lowest BCUT2D eigenvalue weighted by Crippen LogP contribution is -2.33. The molecule has 0 fully saturated rings. The number of phosphoric ester groups is 1. The first-order valence-electron chi connectivity index (χ1n) is 8.41. The molecule has 0 radical (unpaired) electrons. The van der Waals surface area contributed by atoms with Gasteiger partial charge in [0.1, 0.15) is 5.75 Å². The van der Waals surface area contributed by atoms with Crippen LogP contribution in [-0.4, -0.2) is 33.1 Å². The van der Waals surface area contributed by atoms with Gasteiger partial charge in [0.2, 0.25) is 0 Å². The summed E-state index contributed by atoms with van der Waals surface area (Å²) >= 11 is 0. The third-order valence-corrected chi connectivity index (χ3v) is 6.61. The van der Waals surface area contributed by atoms with Gasteiger partial charge in [0.05, 0.1) is 0 Å². The average Bonchev–Trinajstić information content (AvgIpc) is 2.50. The Bertz CT molecular complexity index is 645. The van der Waals surface area contributed by atoms with Gasteiger partial charge in [-0.25, -0.2) is 4.57 Å². The van der Waals surface area contributed by atoms with Crippen LogP contribution in [-0.2, 0) is 13.6 Å². The lowest BCUT2D eigenvalue weighted by Gasteiger charge is -2.26. The van der Waals surface area contributed by atoms with Gasteiger partial charge in [-0.1, -0.05) is 50.3 Å². The number of benzene rings is 1. The van der Waals surface area contributed by atoms with Crippen molar-refractivity contribution >= 4 is 15.9 Å². The number of rotatable bonds is 10. The second-order valence-electron chi connectivity index (χ2n) is 7.33. The van der Waals surface area contributed by atoms with Gasteiger partial charge in [0, 0.05) is 8.07 Å². The Morgan fingerprint density at radius 3 is 2.07 bits per heavy atom. The molecule has 0 amide bonds. The smallest absolute Gasteiger partial charge is 0.404 e. The second-order valence-corrected chi connectivity index (χ2v) is 14.5. The van der Waals surface area contributed by atoms with Gasteiger partial charge >= 0.3 is 20.2 Å². The van der Waals surface area contributed by atoms with Crippen LogP contribution in [0.15, 0.2) is 30.3 Å². The maximum absolute atomic E-state index is 13.3. The van der Waals surface area contributed by atoms with E-state index in [1.54, 1.807) is 0 Å². The first-order valence-corrected chi connectivity index (χ1v) is 13.6. The second kappa shape index (κ2) is 9.64. The molecule has 2 atom stereocenters. The molecule has 1 rings (SSSR count). The van der Waals surface area contributed by atoms with Crippen LogP contribution in [0.5, 0.6) is 5.75 Å². The predicted molar refractivity (Wildman–Crippen MR) is 95.0 cm³/mol. The number of para-hydroxylation sites is 1. The minimum Gasteiger partial charge on any atom is -0.404 e. The summed E-state index contributed by atoms with van der Waals surface area (Å²) in [6.07, 6.45) is -12.9. The van der Waals surface area contributed by atoms with Crippen molar-refractivity contribution in [3.8, 4) is 5.75 Å². The van der Waals surface area contributed by atoms with Gasteiger partial charge in [-0.15, -0.1) is 0 Å². The van der Waals surface area contributed by atoms with Crippen molar-refractivity contribution in [2.75, 3.05) is 6.61 Å². The summed E-state index contributed by atoms with van der Waals surface area (Å²) in [5.74, 6) is -0.240. The van der Waals surface area contributed by atoms with Gasteiger partial charge in [-0.05, 0) is 18.6 Å². The van der Waals surface area contributed by atoms with E-state index in [0.29, 0.717) is 6.04 Å². The summed E-state index contributed by atoms with van der Waals surface area (Å²) in [7, 11) is -6.85. The molecular formula is C16H23F6O4PSi. The van der Waals surface area contributed by atoms with Crippen LogP contribution in [0, 0.1) is 0 Å². The minimum atomic E-state index is -5.20. The van der Waals surface area contributed by atoms with Crippen molar-refractivity contribution in [1.29, 1.82) is 0 Å². The monoisotopic (exact) mass is 452 g/mol. The van der Waals surface area contributed by atoms with E-state index in [4.69, 9.17) is 4.52 Å². The van der Waals surface area contributed by atoms with Gasteiger partial charge in [-0.2, -0.15) is 26.3 Å². The molecule has 0 spiro atoms. The number of phosphoric acid groups is 1. The highest BCUT2D eigenvalue weighted by Gasteiger charge is 2.48. The number of halogens is 6. The van der Waals surface area contributed by atoms with Crippen molar-refractivity contribution in [2.45, 2.75) is 57.0 Å². The number of alkyl halides is 6. The first kappa shape index (κ1) is 25.0. The fourth-order valence-corrected chi connectivity index (χ4v) is 4.73. The highest BCUT2D eigenvalue weighted by molar-refractivity contribution is 7.49. The normalized spacial score (nSPS) is 16.5. The number of hydrogen-bond donors (Lipinski definition) is 0. The minimum absolute atomic E-state index is 0.116. The standard InChI is InChI=1S/C16H23F6O4PSi/c1-28(2,3)11-7-10-14(16(20,21)22)26-27(23,24-12-15(17,18)19)25-13-8-5-4-6-9-13/h4-6,8-9,14H,7,10-12H2,1-3H3/t14-,27+/m0/s1. The third-order valence-electron chi connectivity index (χ3n) is 3.36. The molecular weight excluding hydrogens is 429 g/mol. The molecule has 4 nitrogen and oxygen atoms in total. The molecule has 0 N–H and O–H groups in total. The fourth-order valence-electron chi connectivity index (χ4n) is 2.09. The molecule has 0 heterocycles. The van der Waals surface area contributed by atoms with E-state index in [1.807, 2.05) is 19.6 Å². The van der Waals surface area contributed by atoms with E-state index < -0.39 is 47.4 Å². The Kier molecular flexibility index (Phi) is 8.61. The highest BCUT2D eigenvalue weighted by Crippen LogP contribution is 2.53. The van der Waals surface area contributed by atoms with Gasteiger partial charge < -0.3 is 4.52 Å². The van der Waals surface area contributed by atoms with Crippen LogP contribution in [0.3, 0.4) is 0 Å². The molecule has 0 aromatic heterocycles. The molecule has 162 valence electrons. The van der Waals surface area contributed by atoms with E-state index in [9.17, 15) is 30.9 Å². The van der Waals surface area contributed by atoms with Gasteiger partial charge in [-0.3, -0.25) is 9.05 Å². The van der Waals surface area contributed by atoms with E-state index in [0.717, 1.165) is 0 Å². The molecule has 1 aromatic carbocycles. The van der Waals surface area contributed by atoms with Crippen molar-refractivity contribution < 1.29 is 44.5 Å². The van der Waals surface area contributed by atoms with Crippen molar-refractivity contribution in [1.82, 2.24) is 0 Å². The van der Waals surface area contributed by atoms with E-state index in [2.05, 4.69) is 9.05 Å². The molecule has 0 aliphatic rings. The lowest BCUT2D eigenvalue weighted by atomic mass is 10.2. The van der Waals surface area contributed by atoms with Crippen molar-refractivity contribution in [3.63, 3.8) is 0 Å². The Labute approximate surface area is 160 Å². The zero-order valence-corrected chi connectivity index (χ0v) is 17.5. The summed E-state index contributed by atoms with van der Waals surface area (Å²) in [5, 5.41) is 0. The third kappa shape index (κ3) is 10.5. The molecule has 12 heteroatoms. The van der Waals surface area contributed by atoms with Crippen LogP contribution in [0.4, 0.5) is 26.3 Å². The van der Waals surface area contributed by atoms with Crippen LogP contribution in [0.2, 0.25) is 25.7 Å². The molecule has 1 aromatic rings. The van der Waals surface area contributed by atoms with E-state index >= 15 is 0 Å². The summed E-state index contributed by atoms with van der Waals surface area (Å²) < 4.78 is 103. The van der Waals surface area contributed by atoms with Gasteiger partial charge in [0.15, 0.2) is 12.7 Å². The van der Waals surface area contributed by atoms with Crippen LogP contribution in [0.25, 0.3) is 0 Å². The Balaban J connectivity index is 2.99.